The lowest BCUT2D eigenvalue weighted by atomic mass is 10.1. The van der Waals surface area contributed by atoms with Crippen molar-refractivity contribution in [2.75, 3.05) is 0 Å². The Morgan fingerprint density at radius 1 is 1.20 bits per heavy atom. The maximum atomic E-state index is 5.98. The van der Waals surface area contributed by atoms with Crippen LogP contribution in [0.1, 0.15) is 23.5 Å². The van der Waals surface area contributed by atoms with E-state index in [-0.39, 0.29) is 11.4 Å². The first-order valence-electron chi connectivity index (χ1n) is 6.29. The summed E-state index contributed by atoms with van der Waals surface area (Å²) in [6.07, 6.45) is -0.0921. The summed E-state index contributed by atoms with van der Waals surface area (Å²) in [5.41, 5.74) is 1.10. The molecular formula is C15H13ClN2OS. The minimum Gasteiger partial charge on any atom is -0.469 e. The van der Waals surface area contributed by atoms with Crippen LogP contribution in [0.2, 0.25) is 5.28 Å². The maximum absolute atomic E-state index is 5.98. The van der Waals surface area contributed by atoms with Crippen LogP contribution in [-0.2, 0) is 0 Å². The van der Waals surface area contributed by atoms with Crippen molar-refractivity contribution in [3.05, 3.63) is 52.1 Å². The van der Waals surface area contributed by atoms with Gasteiger partial charge in [-0.15, -0.1) is 11.3 Å². The smallest absolute Gasteiger partial charge is 0.227 e. The number of thiophene rings is 1. The molecule has 0 bridgehead atoms. The van der Waals surface area contributed by atoms with Crippen LogP contribution in [0.5, 0.6) is 5.88 Å². The van der Waals surface area contributed by atoms with E-state index in [1.165, 1.54) is 0 Å². The van der Waals surface area contributed by atoms with Crippen LogP contribution in [0.3, 0.4) is 0 Å². The highest BCUT2D eigenvalue weighted by atomic mass is 35.5. The molecule has 0 N–H and O–H groups in total. The van der Waals surface area contributed by atoms with Crippen molar-refractivity contribution in [2.45, 2.75) is 20.0 Å². The van der Waals surface area contributed by atoms with E-state index in [9.17, 15) is 0 Å². The van der Waals surface area contributed by atoms with E-state index in [1.54, 1.807) is 11.3 Å². The van der Waals surface area contributed by atoms with E-state index < -0.39 is 0 Å². The molecule has 3 aromatic rings. The predicted octanol–water partition coefficient (Wildman–Crippen LogP) is 4.79. The summed E-state index contributed by atoms with van der Waals surface area (Å²) in [7, 11) is 0. The van der Waals surface area contributed by atoms with Gasteiger partial charge in [-0.2, -0.15) is 4.98 Å². The minimum absolute atomic E-state index is 0.0921. The number of rotatable bonds is 3. The third-order valence-electron chi connectivity index (χ3n) is 3.01. The molecule has 3 nitrogen and oxygen atoms in total. The lowest BCUT2D eigenvalue weighted by Crippen LogP contribution is -2.04. The molecule has 0 saturated carbocycles. The number of hydrogen-bond acceptors (Lipinski definition) is 4. The third-order valence-corrected chi connectivity index (χ3v) is 4.12. The minimum atomic E-state index is -0.0921. The van der Waals surface area contributed by atoms with Gasteiger partial charge in [-0.05, 0) is 37.1 Å². The highest BCUT2D eigenvalue weighted by Crippen LogP contribution is 2.33. The molecule has 20 heavy (non-hydrogen) atoms. The summed E-state index contributed by atoms with van der Waals surface area (Å²) in [6, 6.07) is 12.1. The lowest BCUT2D eigenvalue weighted by Gasteiger charge is -2.14. The molecule has 0 radical (unpaired) electrons. The van der Waals surface area contributed by atoms with Gasteiger partial charge in [-0.25, -0.2) is 4.98 Å². The average molecular weight is 305 g/mol. The first-order chi connectivity index (χ1) is 9.63. The molecule has 1 aromatic carbocycles. The summed E-state index contributed by atoms with van der Waals surface area (Å²) in [5.74, 6) is 0.542. The van der Waals surface area contributed by atoms with Crippen LogP contribution in [0, 0.1) is 6.92 Å². The second-order valence-electron chi connectivity index (χ2n) is 4.54. The topological polar surface area (TPSA) is 35.0 Å². The summed E-state index contributed by atoms with van der Waals surface area (Å²) in [5, 5.41) is 1.13. The van der Waals surface area contributed by atoms with Crippen LogP contribution < -0.4 is 4.74 Å². The second kappa shape index (κ2) is 5.38. The van der Waals surface area contributed by atoms with Gasteiger partial charge in [0.15, 0.2) is 0 Å². The van der Waals surface area contributed by atoms with Gasteiger partial charge < -0.3 is 4.74 Å². The number of halogens is 1. The molecule has 0 aliphatic rings. The molecule has 2 aromatic heterocycles. The van der Waals surface area contributed by atoms with Gasteiger partial charge in [-0.3, -0.25) is 0 Å². The van der Waals surface area contributed by atoms with E-state index in [2.05, 4.69) is 9.97 Å². The molecule has 1 atom stereocenters. The zero-order chi connectivity index (χ0) is 14.1. The molecule has 5 heteroatoms. The summed E-state index contributed by atoms with van der Waals surface area (Å²) < 4.78 is 5.98. The first-order valence-corrected chi connectivity index (χ1v) is 7.48. The molecule has 0 aliphatic heterocycles. The molecular weight excluding hydrogens is 292 g/mol. The van der Waals surface area contributed by atoms with Crippen molar-refractivity contribution in [1.82, 2.24) is 9.97 Å². The highest BCUT2D eigenvalue weighted by Gasteiger charge is 2.14. The SMILES string of the molecule is Cc1cc2c(OC(C)c3ccccc3)nc(Cl)nc2s1. The molecule has 102 valence electrons. The zero-order valence-electron chi connectivity index (χ0n) is 11.1. The van der Waals surface area contributed by atoms with E-state index in [0.29, 0.717) is 5.88 Å². The molecule has 0 aliphatic carbocycles. The first kappa shape index (κ1) is 13.3. The molecule has 0 spiro atoms. The van der Waals surface area contributed by atoms with Crippen molar-refractivity contribution in [1.29, 1.82) is 0 Å². The molecule has 3 rings (SSSR count). The zero-order valence-corrected chi connectivity index (χ0v) is 12.7. The van der Waals surface area contributed by atoms with Crippen molar-refractivity contribution >= 4 is 33.2 Å². The monoisotopic (exact) mass is 304 g/mol. The van der Waals surface area contributed by atoms with Gasteiger partial charge in [0.25, 0.3) is 0 Å². The number of fused-ring (bicyclic) bond motifs is 1. The lowest BCUT2D eigenvalue weighted by molar-refractivity contribution is 0.220. The van der Waals surface area contributed by atoms with Crippen LogP contribution in [0.25, 0.3) is 10.2 Å². The van der Waals surface area contributed by atoms with Crippen LogP contribution in [0.4, 0.5) is 0 Å². The average Bonchev–Trinajstić information content (AvgIpc) is 2.80. The Kier molecular flexibility index (Phi) is 3.59. The van der Waals surface area contributed by atoms with Gasteiger partial charge in [-0.1, -0.05) is 30.3 Å². The Balaban J connectivity index is 1.98. The number of benzene rings is 1. The highest BCUT2D eigenvalue weighted by molar-refractivity contribution is 7.18. The number of hydrogen-bond donors (Lipinski definition) is 0. The molecule has 0 saturated heterocycles. The fraction of sp³-hybridized carbons (Fsp3) is 0.200. The van der Waals surface area contributed by atoms with Crippen LogP contribution >= 0.6 is 22.9 Å². The van der Waals surface area contributed by atoms with Gasteiger partial charge in [0, 0.05) is 4.88 Å². The molecule has 0 amide bonds. The summed E-state index contributed by atoms with van der Waals surface area (Å²) in [6.45, 7) is 4.03. The van der Waals surface area contributed by atoms with Crippen molar-refractivity contribution in [2.24, 2.45) is 0 Å². The standard InChI is InChI=1S/C15H13ClN2OS/c1-9-8-12-13(17-15(16)18-14(12)20-9)19-10(2)11-6-4-3-5-7-11/h3-8,10H,1-2H3. The van der Waals surface area contributed by atoms with Crippen LogP contribution in [-0.4, -0.2) is 9.97 Å². The van der Waals surface area contributed by atoms with Crippen LogP contribution in [0.15, 0.2) is 36.4 Å². The number of aromatic nitrogens is 2. The molecule has 1 unspecified atom stereocenters. The van der Waals surface area contributed by atoms with E-state index in [1.807, 2.05) is 50.2 Å². The van der Waals surface area contributed by atoms with Gasteiger partial charge in [0.1, 0.15) is 10.9 Å². The largest absolute Gasteiger partial charge is 0.469 e. The Morgan fingerprint density at radius 3 is 2.70 bits per heavy atom. The summed E-state index contributed by atoms with van der Waals surface area (Å²) in [4.78, 5) is 10.5. The second-order valence-corrected chi connectivity index (χ2v) is 6.12. The molecule has 2 heterocycles. The van der Waals surface area contributed by atoms with E-state index in [0.717, 1.165) is 20.7 Å². The fourth-order valence-electron chi connectivity index (χ4n) is 2.04. The van der Waals surface area contributed by atoms with Gasteiger partial charge in [0.2, 0.25) is 11.2 Å². The van der Waals surface area contributed by atoms with Crippen molar-refractivity contribution in [3.8, 4) is 5.88 Å². The third kappa shape index (κ3) is 2.62. The van der Waals surface area contributed by atoms with Gasteiger partial charge in [0.05, 0.1) is 5.39 Å². The predicted molar refractivity (Wildman–Crippen MR) is 82.6 cm³/mol. The number of nitrogens with zero attached hydrogens (tertiary/aromatic N) is 2. The normalized spacial score (nSPS) is 12.6. The van der Waals surface area contributed by atoms with Crippen molar-refractivity contribution < 1.29 is 4.74 Å². The van der Waals surface area contributed by atoms with Gasteiger partial charge >= 0.3 is 0 Å². The Morgan fingerprint density at radius 2 is 1.95 bits per heavy atom. The number of aryl methyl sites for hydroxylation is 1. The Bertz CT molecular complexity index is 742. The fourth-order valence-corrected chi connectivity index (χ4v) is 3.12. The number of ether oxygens (including phenoxy) is 1. The van der Waals surface area contributed by atoms with Crippen molar-refractivity contribution in [3.63, 3.8) is 0 Å². The summed E-state index contributed by atoms with van der Waals surface area (Å²) >= 11 is 7.55. The van der Waals surface area contributed by atoms with E-state index >= 15 is 0 Å². The van der Waals surface area contributed by atoms with E-state index in [4.69, 9.17) is 16.3 Å². The molecule has 0 fully saturated rings. The Labute approximate surface area is 126 Å². The Hall–Kier alpha value is -1.65. The maximum Gasteiger partial charge on any atom is 0.227 e. The quantitative estimate of drug-likeness (QED) is 0.652.